The van der Waals surface area contributed by atoms with Gasteiger partial charge in [-0.05, 0) is 47.1 Å². The number of halogens is 1. The summed E-state index contributed by atoms with van der Waals surface area (Å²) in [4.78, 5) is 1.38. The van der Waals surface area contributed by atoms with E-state index in [4.69, 9.17) is 4.74 Å². The fourth-order valence-electron chi connectivity index (χ4n) is 1.96. The number of para-hydroxylation sites is 1. The van der Waals surface area contributed by atoms with E-state index in [1.807, 2.05) is 30.3 Å². The first-order chi connectivity index (χ1) is 9.78. The molecule has 1 heterocycles. The minimum atomic E-state index is 0.348. The number of benzene rings is 1. The van der Waals surface area contributed by atoms with Gasteiger partial charge in [0.1, 0.15) is 12.4 Å². The van der Waals surface area contributed by atoms with Crippen molar-refractivity contribution in [1.82, 2.24) is 5.32 Å². The number of ether oxygens (including phenoxy) is 1. The van der Waals surface area contributed by atoms with E-state index in [1.165, 1.54) is 4.88 Å². The molecule has 0 saturated carbocycles. The highest BCUT2D eigenvalue weighted by molar-refractivity contribution is 9.10. The van der Waals surface area contributed by atoms with Gasteiger partial charge >= 0.3 is 0 Å². The molecule has 20 heavy (non-hydrogen) atoms. The normalized spacial score (nSPS) is 12.3. The highest BCUT2D eigenvalue weighted by Gasteiger charge is 2.11. The molecular formula is C16H20BrNOS. The van der Waals surface area contributed by atoms with Gasteiger partial charge in [-0.3, -0.25) is 0 Å². The van der Waals surface area contributed by atoms with E-state index in [0.29, 0.717) is 12.6 Å². The minimum Gasteiger partial charge on any atom is -0.492 e. The van der Waals surface area contributed by atoms with Gasteiger partial charge in [-0.15, -0.1) is 11.3 Å². The number of nitrogens with one attached hydrogen (secondary N) is 1. The van der Waals surface area contributed by atoms with Crippen molar-refractivity contribution in [2.24, 2.45) is 0 Å². The largest absolute Gasteiger partial charge is 0.492 e. The summed E-state index contributed by atoms with van der Waals surface area (Å²) in [5.74, 6) is 0.933. The smallest absolute Gasteiger partial charge is 0.119 e. The van der Waals surface area contributed by atoms with E-state index in [2.05, 4.69) is 39.6 Å². The molecule has 0 aliphatic rings. The molecule has 0 spiro atoms. The monoisotopic (exact) mass is 353 g/mol. The van der Waals surface area contributed by atoms with E-state index >= 15 is 0 Å². The van der Waals surface area contributed by atoms with Crippen LogP contribution in [0.5, 0.6) is 5.75 Å². The lowest BCUT2D eigenvalue weighted by atomic mass is 10.2. The first-order valence-corrected chi connectivity index (χ1v) is 8.59. The molecule has 0 aliphatic heterocycles. The summed E-state index contributed by atoms with van der Waals surface area (Å²) in [5.41, 5.74) is 0. The summed E-state index contributed by atoms with van der Waals surface area (Å²) in [6, 6.07) is 12.5. The van der Waals surface area contributed by atoms with Crippen molar-refractivity contribution >= 4 is 27.3 Å². The van der Waals surface area contributed by atoms with E-state index in [1.54, 1.807) is 11.3 Å². The van der Waals surface area contributed by atoms with Gasteiger partial charge in [0.25, 0.3) is 0 Å². The molecule has 0 saturated heterocycles. The summed E-state index contributed by atoms with van der Waals surface area (Å²) in [5, 5.41) is 5.69. The van der Waals surface area contributed by atoms with Crippen molar-refractivity contribution in [2.75, 3.05) is 13.2 Å². The maximum Gasteiger partial charge on any atom is 0.119 e. The quantitative estimate of drug-likeness (QED) is 0.754. The van der Waals surface area contributed by atoms with Crippen LogP contribution in [0.2, 0.25) is 0 Å². The first kappa shape index (κ1) is 15.5. The van der Waals surface area contributed by atoms with Crippen LogP contribution in [-0.4, -0.2) is 19.2 Å². The topological polar surface area (TPSA) is 21.3 Å². The molecule has 2 aromatic rings. The maximum absolute atomic E-state index is 5.87. The maximum atomic E-state index is 5.87. The average molecular weight is 354 g/mol. The molecular weight excluding hydrogens is 334 g/mol. The number of thiophene rings is 1. The summed E-state index contributed by atoms with van der Waals surface area (Å²) in [7, 11) is 0. The van der Waals surface area contributed by atoms with Crippen LogP contribution < -0.4 is 10.1 Å². The van der Waals surface area contributed by atoms with Crippen molar-refractivity contribution in [1.29, 1.82) is 0 Å². The van der Waals surface area contributed by atoms with E-state index in [9.17, 15) is 0 Å². The lowest BCUT2D eigenvalue weighted by Gasteiger charge is -2.18. The van der Waals surface area contributed by atoms with Gasteiger partial charge in [0.2, 0.25) is 0 Å². The molecule has 0 aliphatic carbocycles. The Labute approximate surface area is 133 Å². The summed E-state index contributed by atoms with van der Waals surface area (Å²) in [6.07, 6.45) is 2.14. The van der Waals surface area contributed by atoms with Crippen molar-refractivity contribution in [3.05, 3.63) is 51.1 Å². The molecule has 1 aromatic carbocycles. The third-order valence-corrected chi connectivity index (χ3v) is 4.67. The predicted molar refractivity (Wildman–Crippen MR) is 89.7 cm³/mol. The second-order valence-electron chi connectivity index (χ2n) is 4.71. The lowest BCUT2D eigenvalue weighted by molar-refractivity contribution is 0.263. The Morgan fingerprint density at radius 1 is 1.30 bits per heavy atom. The summed E-state index contributed by atoms with van der Waals surface area (Å²) >= 11 is 5.30. The van der Waals surface area contributed by atoms with Crippen LogP contribution in [0.25, 0.3) is 0 Å². The van der Waals surface area contributed by atoms with Crippen LogP contribution in [-0.2, 0) is 6.42 Å². The molecule has 0 fully saturated rings. The standard InChI is InChI=1S/C16H20BrNOS/c1-2-8-18-14(10-16-9-13(17)12-20-16)11-19-15-6-4-3-5-7-15/h3-7,9,12,14,18H,2,8,10-11H2,1H3. The Morgan fingerprint density at radius 3 is 2.75 bits per heavy atom. The van der Waals surface area contributed by atoms with Crippen LogP contribution in [0, 0.1) is 0 Å². The average Bonchev–Trinajstić information content (AvgIpc) is 2.88. The number of hydrogen-bond donors (Lipinski definition) is 1. The Bertz CT molecular complexity index is 500. The number of rotatable bonds is 8. The van der Waals surface area contributed by atoms with Gasteiger partial charge < -0.3 is 10.1 Å². The zero-order valence-electron chi connectivity index (χ0n) is 11.6. The third kappa shape index (κ3) is 5.27. The summed E-state index contributed by atoms with van der Waals surface area (Å²) in [6.45, 7) is 3.90. The van der Waals surface area contributed by atoms with Crippen molar-refractivity contribution in [2.45, 2.75) is 25.8 Å². The molecule has 0 bridgehead atoms. The number of hydrogen-bond acceptors (Lipinski definition) is 3. The van der Waals surface area contributed by atoms with Gasteiger partial charge in [-0.1, -0.05) is 25.1 Å². The van der Waals surface area contributed by atoms with Gasteiger partial charge in [0, 0.05) is 27.2 Å². The van der Waals surface area contributed by atoms with Gasteiger partial charge in [-0.2, -0.15) is 0 Å². The highest BCUT2D eigenvalue weighted by atomic mass is 79.9. The zero-order chi connectivity index (χ0) is 14.2. The molecule has 0 radical (unpaired) electrons. The molecule has 2 nitrogen and oxygen atoms in total. The van der Waals surface area contributed by atoms with Crippen LogP contribution in [0.3, 0.4) is 0 Å². The predicted octanol–water partition coefficient (Wildman–Crippen LogP) is 4.50. The second-order valence-corrected chi connectivity index (χ2v) is 6.62. The summed E-state index contributed by atoms with van der Waals surface area (Å²) < 4.78 is 7.04. The molecule has 1 N–H and O–H groups in total. The Kier molecular flexibility index (Phi) is 6.57. The fourth-order valence-corrected chi connectivity index (χ4v) is 3.49. The SMILES string of the molecule is CCCNC(COc1ccccc1)Cc1cc(Br)cs1. The molecule has 1 atom stereocenters. The Morgan fingerprint density at radius 2 is 2.10 bits per heavy atom. The highest BCUT2D eigenvalue weighted by Crippen LogP contribution is 2.21. The zero-order valence-corrected chi connectivity index (χ0v) is 14.0. The Hall–Kier alpha value is -0.840. The fraction of sp³-hybridized carbons (Fsp3) is 0.375. The molecule has 4 heteroatoms. The van der Waals surface area contributed by atoms with Crippen molar-refractivity contribution < 1.29 is 4.74 Å². The molecule has 1 aromatic heterocycles. The molecule has 0 amide bonds. The van der Waals surface area contributed by atoms with Crippen molar-refractivity contribution in [3.63, 3.8) is 0 Å². The van der Waals surface area contributed by atoms with E-state index in [0.717, 1.165) is 29.6 Å². The van der Waals surface area contributed by atoms with Crippen LogP contribution in [0.1, 0.15) is 18.2 Å². The minimum absolute atomic E-state index is 0.348. The van der Waals surface area contributed by atoms with E-state index < -0.39 is 0 Å². The lowest BCUT2D eigenvalue weighted by Crippen LogP contribution is -2.36. The van der Waals surface area contributed by atoms with Crippen LogP contribution in [0.15, 0.2) is 46.3 Å². The first-order valence-electron chi connectivity index (χ1n) is 6.92. The molecule has 1 unspecified atom stereocenters. The van der Waals surface area contributed by atoms with Gasteiger partial charge in [0.05, 0.1) is 0 Å². The molecule has 2 rings (SSSR count). The second kappa shape index (κ2) is 8.45. The van der Waals surface area contributed by atoms with Gasteiger partial charge in [-0.25, -0.2) is 0 Å². The van der Waals surface area contributed by atoms with Crippen LogP contribution >= 0.6 is 27.3 Å². The van der Waals surface area contributed by atoms with Crippen molar-refractivity contribution in [3.8, 4) is 5.75 Å². The third-order valence-electron chi connectivity index (χ3n) is 2.95. The Balaban J connectivity index is 1.89. The molecule has 108 valence electrons. The van der Waals surface area contributed by atoms with E-state index in [-0.39, 0.29) is 0 Å². The van der Waals surface area contributed by atoms with Gasteiger partial charge in [0.15, 0.2) is 0 Å². The van der Waals surface area contributed by atoms with Crippen LogP contribution in [0.4, 0.5) is 0 Å².